The van der Waals surface area contributed by atoms with E-state index in [-0.39, 0.29) is 0 Å². The number of hydroxylamine groups is 1. The number of rotatable bonds is 8. The molecule has 94 valence electrons. The highest BCUT2D eigenvalue weighted by Crippen LogP contribution is 2.01. The summed E-state index contributed by atoms with van der Waals surface area (Å²) in [5.74, 6) is -0.925. The van der Waals surface area contributed by atoms with Gasteiger partial charge in [0.1, 0.15) is 6.04 Å². The molecule has 0 aliphatic carbocycles. The van der Waals surface area contributed by atoms with E-state index in [1.165, 1.54) is 0 Å². The summed E-state index contributed by atoms with van der Waals surface area (Å²) in [6.45, 7) is 0.817. The highest BCUT2D eigenvalue weighted by Gasteiger charge is 2.16. The van der Waals surface area contributed by atoms with E-state index in [2.05, 4.69) is 5.48 Å². The monoisotopic (exact) mass is 238 g/mol. The number of carboxylic acids is 1. The number of benzene rings is 1. The molecular formula is C12H18N2O3. The van der Waals surface area contributed by atoms with Crippen LogP contribution in [0.1, 0.15) is 18.4 Å². The zero-order valence-corrected chi connectivity index (χ0v) is 9.63. The summed E-state index contributed by atoms with van der Waals surface area (Å²) in [6.07, 6.45) is 1.11. The third kappa shape index (κ3) is 5.44. The second kappa shape index (κ2) is 7.78. The topological polar surface area (TPSA) is 84.6 Å². The molecule has 1 rings (SSSR count). The van der Waals surface area contributed by atoms with Gasteiger partial charge in [-0.15, -0.1) is 0 Å². The molecule has 4 N–H and O–H groups in total. The van der Waals surface area contributed by atoms with Crippen LogP contribution in [-0.2, 0) is 16.2 Å². The average Bonchev–Trinajstić information content (AvgIpc) is 2.34. The number of carbonyl (C=O) groups is 1. The minimum atomic E-state index is -0.925. The van der Waals surface area contributed by atoms with E-state index in [4.69, 9.17) is 15.7 Å². The maximum absolute atomic E-state index is 10.9. The molecule has 0 spiro atoms. The number of hydrogen-bond acceptors (Lipinski definition) is 4. The van der Waals surface area contributed by atoms with E-state index in [9.17, 15) is 4.79 Å². The Balaban J connectivity index is 2.29. The van der Waals surface area contributed by atoms with Gasteiger partial charge in [0.2, 0.25) is 0 Å². The van der Waals surface area contributed by atoms with Crippen molar-refractivity contribution in [3.63, 3.8) is 0 Å². The highest BCUT2D eigenvalue weighted by molar-refractivity contribution is 5.73. The highest BCUT2D eigenvalue weighted by atomic mass is 16.6. The van der Waals surface area contributed by atoms with Gasteiger partial charge in [-0.1, -0.05) is 30.3 Å². The van der Waals surface area contributed by atoms with Gasteiger partial charge in [-0.2, -0.15) is 5.48 Å². The molecular weight excluding hydrogens is 220 g/mol. The van der Waals surface area contributed by atoms with Crippen LogP contribution in [0.15, 0.2) is 30.3 Å². The van der Waals surface area contributed by atoms with Crippen molar-refractivity contribution < 1.29 is 14.7 Å². The normalized spacial score (nSPS) is 12.3. The van der Waals surface area contributed by atoms with Gasteiger partial charge in [-0.3, -0.25) is 9.63 Å². The van der Waals surface area contributed by atoms with Gasteiger partial charge in [-0.05, 0) is 24.9 Å². The number of carboxylic acid groups (broad SMARTS) is 1. The van der Waals surface area contributed by atoms with Crippen LogP contribution in [-0.4, -0.2) is 23.7 Å². The summed E-state index contributed by atoms with van der Waals surface area (Å²) in [6, 6.07) is 8.85. The van der Waals surface area contributed by atoms with Crippen LogP contribution in [0.3, 0.4) is 0 Å². The number of hydrogen-bond donors (Lipinski definition) is 3. The maximum Gasteiger partial charge on any atom is 0.323 e. The van der Waals surface area contributed by atoms with Gasteiger partial charge in [0.05, 0.1) is 6.61 Å². The largest absolute Gasteiger partial charge is 0.480 e. The first-order valence-corrected chi connectivity index (χ1v) is 5.58. The quantitative estimate of drug-likeness (QED) is 0.586. The van der Waals surface area contributed by atoms with Gasteiger partial charge in [0.25, 0.3) is 0 Å². The second-order valence-corrected chi connectivity index (χ2v) is 3.71. The van der Waals surface area contributed by atoms with E-state index in [1.54, 1.807) is 0 Å². The van der Waals surface area contributed by atoms with E-state index in [0.29, 0.717) is 26.0 Å². The molecule has 0 aliphatic rings. The fourth-order valence-electron chi connectivity index (χ4n) is 1.35. The second-order valence-electron chi connectivity index (χ2n) is 3.71. The van der Waals surface area contributed by atoms with Crippen LogP contribution in [0.5, 0.6) is 0 Å². The van der Waals surface area contributed by atoms with Crippen LogP contribution in [0.4, 0.5) is 0 Å². The Labute approximate surface area is 101 Å². The van der Waals surface area contributed by atoms with Crippen molar-refractivity contribution in [2.45, 2.75) is 25.5 Å². The lowest BCUT2D eigenvalue weighted by atomic mass is 10.2. The minimum Gasteiger partial charge on any atom is -0.480 e. The summed E-state index contributed by atoms with van der Waals surface area (Å²) >= 11 is 0. The van der Waals surface area contributed by atoms with Crippen molar-refractivity contribution in [1.82, 2.24) is 5.48 Å². The van der Waals surface area contributed by atoms with Crippen molar-refractivity contribution in [2.24, 2.45) is 5.73 Å². The predicted molar refractivity (Wildman–Crippen MR) is 64.1 cm³/mol. The Morgan fingerprint density at radius 2 is 2.12 bits per heavy atom. The standard InChI is InChI=1S/C12H18N2O3/c13-8-4-7-11(12(15)16)14-17-9-10-5-2-1-3-6-10/h1-3,5-6,11,14H,4,7-9,13H2,(H,15,16)/t11-/m0/s1. The Hall–Kier alpha value is -1.43. The molecule has 0 fully saturated rings. The summed E-state index contributed by atoms with van der Waals surface area (Å²) < 4.78 is 0. The molecule has 0 heterocycles. The van der Waals surface area contributed by atoms with E-state index in [1.807, 2.05) is 30.3 Å². The smallest absolute Gasteiger partial charge is 0.323 e. The Morgan fingerprint density at radius 1 is 1.41 bits per heavy atom. The van der Waals surface area contributed by atoms with Crippen molar-refractivity contribution in [3.05, 3.63) is 35.9 Å². The molecule has 1 aromatic rings. The first-order valence-electron chi connectivity index (χ1n) is 5.58. The van der Waals surface area contributed by atoms with Crippen LogP contribution in [0.25, 0.3) is 0 Å². The van der Waals surface area contributed by atoms with Gasteiger partial charge in [-0.25, -0.2) is 0 Å². The summed E-state index contributed by atoms with van der Waals surface area (Å²) in [4.78, 5) is 16.0. The molecule has 0 aromatic heterocycles. The molecule has 5 nitrogen and oxygen atoms in total. The third-order valence-corrected chi connectivity index (χ3v) is 2.30. The molecule has 1 atom stereocenters. The van der Waals surface area contributed by atoms with E-state index in [0.717, 1.165) is 5.56 Å². The molecule has 1 aromatic carbocycles. The lowest BCUT2D eigenvalue weighted by Crippen LogP contribution is -2.36. The van der Waals surface area contributed by atoms with Gasteiger partial charge in [0, 0.05) is 0 Å². The third-order valence-electron chi connectivity index (χ3n) is 2.30. The molecule has 17 heavy (non-hydrogen) atoms. The zero-order valence-electron chi connectivity index (χ0n) is 9.63. The zero-order chi connectivity index (χ0) is 12.5. The number of nitrogens with one attached hydrogen (secondary N) is 1. The fourth-order valence-corrected chi connectivity index (χ4v) is 1.35. The van der Waals surface area contributed by atoms with Gasteiger partial charge < -0.3 is 10.8 Å². The molecule has 0 aliphatic heterocycles. The SMILES string of the molecule is NCCC[C@H](NOCc1ccccc1)C(=O)O. The first-order chi connectivity index (χ1) is 8.24. The van der Waals surface area contributed by atoms with Crippen LogP contribution in [0.2, 0.25) is 0 Å². The lowest BCUT2D eigenvalue weighted by molar-refractivity contribution is -0.144. The van der Waals surface area contributed by atoms with Crippen molar-refractivity contribution in [3.8, 4) is 0 Å². The van der Waals surface area contributed by atoms with Crippen molar-refractivity contribution in [2.75, 3.05) is 6.54 Å². The predicted octanol–water partition coefficient (Wildman–Crippen LogP) is 0.900. The summed E-state index contributed by atoms with van der Waals surface area (Å²) in [7, 11) is 0. The summed E-state index contributed by atoms with van der Waals surface area (Å²) in [5, 5.41) is 8.91. The molecule has 5 heteroatoms. The first kappa shape index (κ1) is 13.6. The fraction of sp³-hybridized carbons (Fsp3) is 0.417. The number of aliphatic carboxylic acids is 1. The minimum absolute atomic E-state index is 0.341. The van der Waals surface area contributed by atoms with Gasteiger partial charge >= 0.3 is 5.97 Å². The van der Waals surface area contributed by atoms with E-state index >= 15 is 0 Å². The molecule has 0 unspecified atom stereocenters. The average molecular weight is 238 g/mol. The van der Waals surface area contributed by atoms with Crippen LogP contribution in [0, 0.1) is 0 Å². The lowest BCUT2D eigenvalue weighted by Gasteiger charge is -2.13. The molecule has 0 saturated carbocycles. The van der Waals surface area contributed by atoms with Gasteiger partial charge in [0.15, 0.2) is 0 Å². The van der Waals surface area contributed by atoms with Crippen LogP contribution >= 0.6 is 0 Å². The Morgan fingerprint density at radius 3 is 2.71 bits per heavy atom. The molecule has 0 radical (unpaired) electrons. The molecule has 0 bridgehead atoms. The van der Waals surface area contributed by atoms with E-state index < -0.39 is 12.0 Å². The summed E-state index contributed by atoms with van der Waals surface area (Å²) in [5.41, 5.74) is 8.87. The van der Waals surface area contributed by atoms with Crippen LogP contribution < -0.4 is 11.2 Å². The maximum atomic E-state index is 10.9. The van der Waals surface area contributed by atoms with Crippen molar-refractivity contribution in [1.29, 1.82) is 0 Å². The van der Waals surface area contributed by atoms with Crippen molar-refractivity contribution >= 4 is 5.97 Å². The number of nitrogens with two attached hydrogens (primary N) is 1. The molecule has 0 amide bonds. The Kier molecular flexibility index (Phi) is 6.24. The Bertz CT molecular complexity index is 330. The molecule has 0 saturated heterocycles.